The lowest BCUT2D eigenvalue weighted by Crippen LogP contribution is -2.37. The molecule has 0 saturated carbocycles. The van der Waals surface area contributed by atoms with Gasteiger partial charge in [0.05, 0.1) is 19.3 Å². The van der Waals surface area contributed by atoms with Crippen molar-refractivity contribution in [3.8, 4) is 0 Å². The van der Waals surface area contributed by atoms with Crippen LogP contribution in [0.1, 0.15) is 35.7 Å². The molecule has 0 unspecified atom stereocenters. The zero-order valence-corrected chi connectivity index (χ0v) is 15.8. The maximum atomic E-state index is 12.9. The predicted molar refractivity (Wildman–Crippen MR) is 98.8 cm³/mol. The number of hydrogen-bond acceptors (Lipinski definition) is 4. The molecule has 0 radical (unpaired) electrons. The van der Waals surface area contributed by atoms with Crippen molar-refractivity contribution < 1.29 is 4.79 Å². The maximum Gasteiger partial charge on any atom is 0.276 e. The molecule has 7 nitrogen and oxygen atoms in total. The zero-order chi connectivity index (χ0) is 18.7. The van der Waals surface area contributed by atoms with Crippen LogP contribution in [-0.2, 0) is 20.1 Å². The summed E-state index contributed by atoms with van der Waals surface area (Å²) in [6, 6.07) is 7.55. The van der Waals surface area contributed by atoms with Gasteiger partial charge in [-0.25, -0.2) is 9.67 Å². The molecule has 2 heterocycles. The van der Waals surface area contributed by atoms with Crippen LogP contribution in [0.3, 0.4) is 0 Å². The van der Waals surface area contributed by atoms with Crippen LogP contribution < -0.4 is 0 Å². The number of rotatable bonds is 6. The summed E-state index contributed by atoms with van der Waals surface area (Å²) in [5.41, 5.74) is 1.23. The summed E-state index contributed by atoms with van der Waals surface area (Å²) >= 11 is 6.18. The summed E-state index contributed by atoms with van der Waals surface area (Å²) in [7, 11) is 1.91. The number of amides is 1. The molecule has 0 aliphatic rings. The summed E-state index contributed by atoms with van der Waals surface area (Å²) in [4.78, 5) is 18.9. The Labute approximate surface area is 157 Å². The molecule has 1 amide bonds. The second-order valence-corrected chi connectivity index (χ2v) is 6.78. The Morgan fingerprint density at radius 1 is 1.31 bits per heavy atom. The molecular weight excluding hydrogens is 352 g/mol. The Morgan fingerprint density at radius 2 is 2.08 bits per heavy atom. The minimum atomic E-state index is -0.173. The van der Waals surface area contributed by atoms with E-state index in [1.165, 1.54) is 0 Å². The van der Waals surface area contributed by atoms with E-state index in [1.807, 2.05) is 55.9 Å². The first-order valence-electron chi connectivity index (χ1n) is 8.36. The average Bonchev–Trinajstić information content (AvgIpc) is 3.23. The highest BCUT2D eigenvalue weighted by atomic mass is 35.5. The molecule has 0 spiro atoms. The van der Waals surface area contributed by atoms with E-state index < -0.39 is 0 Å². The Morgan fingerprint density at radius 3 is 2.73 bits per heavy atom. The molecule has 1 aromatic carbocycles. The monoisotopic (exact) mass is 372 g/mol. The van der Waals surface area contributed by atoms with Gasteiger partial charge in [0.15, 0.2) is 5.69 Å². The van der Waals surface area contributed by atoms with E-state index in [9.17, 15) is 4.79 Å². The lowest BCUT2D eigenvalue weighted by molar-refractivity contribution is 0.0677. The summed E-state index contributed by atoms with van der Waals surface area (Å²) < 4.78 is 3.52. The fraction of sp³-hybridized carbons (Fsp3) is 0.333. The van der Waals surface area contributed by atoms with Crippen LogP contribution in [0.25, 0.3) is 0 Å². The zero-order valence-electron chi connectivity index (χ0n) is 15.0. The number of aromatic nitrogens is 5. The molecule has 0 bridgehead atoms. The van der Waals surface area contributed by atoms with E-state index in [2.05, 4.69) is 15.3 Å². The molecule has 3 rings (SSSR count). The predicted octanol–water partition coefficient (Wildman–Crippen LogP) is 2.76. The van der Waals surface area contributed by atoms with E-state index in [0.29, 0.717) is 23.8 Å². The second kappa shape index (κ2) is 7.70. The van der Waals surface area contributed by atoms with Crippen LogP contribution in [-0.4, -0.2) is 41.4 Å². The Bertz CT molecular complexity index is 900. The quantitative estimate of drug-likeness (QED) is 0.667. The maximum absolute atomic E-state index is 12.9. The normalized spacial score (nSPS) is 11.1. The molecule has 0 aliphatic carbocycles. The first-order chi connectivity index (χ1) is 12.5. The minimum absolute atomic E-state index is 0.00733. The highest BCUT2D eigenvalue weighted by molar-refractivity contribution is 6.31. The van der Waals surface area contributed by atoms with Crippen molar-refractivity contribution >= 4 is 17.5 Å². The average molecular weight is 373 g/mol. The Hall–Kier alpha value is -2.67. The topological polar surface area (TPSA) is 68.8 Å². The first kappa shape index (κ1) is 18.1. The lowest BCUT2D eigenvalue weighted by Gasteiger charge is -2.25. The molecule has 26 heavy (non-hydrogen) atoms. The standard InChI is InChI=1S/C18H21ClN6O/c1-13(2)25(12-17-20-8-9-23(17)3)18(26)16-11-24(22-21-16)10-14-6-4-5-7-15(14)19/h4-9,11,13H,10,12H2,1-3H3. The first-order valence-corrected chi connectivity index (χ1v) is 8.74. The van der Waals surface area contributed by atoms with Gasteiger partial charge in [-0.15, -0.1) is 5.10 Å². The van der Waals surface area contributed by atoms with Gasteiger partial charge in [0.2, 0.25) is 0 Å². The van der Waals surface area contributed by atoms with Crippen LogP contribution in [0.15, 0.2) is 42.9 Å². The van der Waals surface area contributed by atoms with Gasteiger partial charge < -0.3 is 9.47 Å². The highest BCUT2D eigenvalue weighted by Crippen LogP contribution is 2.16. The summed E-state index contributed by atoms with van der Waals surface area (Å²) in [6.45, 7) is 4.81. The van der Waals surface area contributed by atoms with Gasteiger partial charge in [0.25, 0.3) is 5.91 Å². The summed E-state index contributed by atoms with van der Waals surface area (Å²) in [5.74, 6) is 0.643. The number of nitrogens with zero attached hydrogens (tertiary/aromatic N) is 6. The van der Waals surface area contributed by atoms with Crippen molar-refractivity contribution in [2.75, 3.05) is 0 Å². The third kappa shape index (κ3) is 3.94. The number of aryl methyl sites for hydroxylation is 1. The van der Waals surface area contributed by atoms with E-state index in [1.54, 1.807) is 22.0 Å². The van der Waals surface area contributed by atoms with Crippen LogP contribution in [0.4, 0.5) is 0 Å². The highest BCUT2D eigenvalue weighted by Gasteiger charge is 2.23. The van der Waals surface area contributed by atoms with Crippen LogP contribution in [0.5, 0.6) is 0 Å². The van der Waals surface area contributed by atoms with E-state index in [4.69, 9.17) is 11.6 Å². The van der Waals surface area contributed by atoms with Crippen LogP contribution >= 0.6 is 11.6 Å². The molecular formula is C18H21ClN6O. The van der Waals surface area contributed by atoms with Gasteiger partial charge in [-0.3, -0.25) is 4.79 Å². The molecule has 0 aliphatic heterocycles. The second-order valence-electron chi connectivity index (χ2n) is 6.37. The van der Waals surface area contributed by atoms with Gasteiger partial charge in [-0.1, -0.05) is 35.0 Å². The molecule has 0 N–H and O–H groups in total. The van der Waals surface area contributed by atoms with Crippen molar-refractivity contribution in [2.24, 2.45) is 7.05 Å². The van der Waals surface area contributed by atoms with Crippen molar-refractivity contribution in [1.82, 2.24) is 29.4 Å². The van der Waals surface area contributed by atoms with Crippen molar-refractivity contribution in [1.29, 1.82) is 0 Å². The molecule has 0 saturated heterocycles. The van der Waals surface area contributed by atoms with Gasteiger partial charge in [0.1, 0.15) is 5.82 Å². The number of carbonyl (C=O) groups is 1. The van der Waals surface area contributed by atoms with Crippen molar-refractivity contribution in [3.05, 3.63) is 65.0 Å². The van der Waals surface area contributed by atoms with Crippen molar-refractivity contribution in [2.45, 2.75) is 33.0 Å². The molecule has 0 fully saturated rings. The van der Waals surface area contributed by atoms with E-state index >= 15 is 0 Å². The third-order valence-corrected chi connectivity index (χ3v) is 4.53. The van der Waals surface area contributed by atoms with Gasteiger partial charge in [0, 0.05) is 30.5 Å². The SMILES string of the molecule is CC(C)N(Cc1nccn1C)C(=O)c1cn(Cc2ccccc2Cl)nn1. The summed E-state index contributed by atoms with van der Waals surface area (Å²) in [6.07, 6.45) is 5.23. The largest absolute Gasteiger partial charge is 0.337 e. The van der Waals surface area contributed by atoms with Gasteiger partial charge in [-0.05, 0) is 25.5 Å². The van der Waals surface area contributed by atoms with Crippen LogP contribution in [0, 0.1) is 0 Å². The van der Waals surface area contributed by atoms with Gasteiger partial charge >= 0.3 is 0 Å². The van der Waals surface area contributed by atoms with Gasteiger partial charge in [-0.2, -0.15) is 0 Å². The summed E-state index contributed by atoms with van der Waals surface area (Å²) in [5, 5.41) is 8.78. The Kier molecular flexibility index (Phi) is 5.37. The number of carbonyl (C=O) groups excluding carboxylic acids is 1. The van der Waals surface area contributed by atoms with E-state index in [-0.39, 0.29) is 11.9 Å². The molecule has 8 heteroatoms. The van der Waals surface area contributed by atoms with Crippen molar-refractivity contribution in [3.63, 3.8) is 0 Å². The fourth-order valence-corrected chi connectivity index (χ4v) is 2.81. The van der Waals surface area contributed by atoms with E-state index in [0.717, 1.165) is 11.4 Å². The lowest BCUT2D eigenvalue weighted by atomic mass is 10.2. The van der Waals surface area contributed by atoms with Crippen LogP contribution in [0.2, 0.25) is 5.02 Å². The minimum Gasteiger partial charge on any atom is -0.337 e. The number of hydrogen-bond donors (Lipinski definition) is 0. The smallest absolute Gasteiger partial charge is 0.276 e. The molecule has 2 aromatic heterocycles. The molecule has 136 valence electrons. The fourth-order valence-electron chi connectivity index (χ4n) is 2.61. The number of halogens is 1. The Balaban J connectivity index is 1.77. The molecule has 0 atom stereocenters. The number of benzene rings is 1. The number of imidazole rings is 1. The molecule has 3 aromatic rings. The third-order valence-electron chi connectivity index (χ3n) is 4.16.